The highest BCUT2D eigenvalue weighted by molar-refractivity contribution is 4.89. The zero-order chi connectivity index (χ0) is 11.7. The molecule has 2 unspecified atom stereocenters. The number of nitrogens with one attached hydrogen (secondary N) is 1. The second-order valence-electron chi connectivity index (χ2n) is 6.47. The molecule has 0 aromatic carbocycles. The Balaban J connectivity index is 1.40. The molecule has 0 spiro atoms. The first-order valence-corrected chi connectivity index (χ1v) is 7.33. The first-order chi connectivity index (χ1) is 8.23. The van der Waals surface area contributed by atoms with Gasteiger partial charge in [0, 0.05) is 25.7 Å². The third kappa shape index (κ3) is 3.21. The lowest BCUT2D eigenvalue weighted by Crippen LogP contribution is -2.39. The molecule has 2 heterocycles. The monoisotopic (exact) mass is 238 g/mol. The highest BCUT2D eigenvalue weighted by Gasteiger charge is 2.34. The van der Waals surface area contributed by atoms with Gasteiger partial charge in [0.2, 0.25) is 0 Å². The topological polar surface area (TPSA) is 24.5 Å². The van der Waals surface area contributed by atoms with E-state index in [1.807, 2.05) is 0 Å². The summed E-state index contributed by atoms with van der Waals surface area (Å²) in [5, 5.41) is 3.66. The minimum absolute atomic E-state index is 0.152. The van der Waals surface area contributed by atoms with Gasteiger partial charge >= 0.3 is 0 Å². The molecule has 3 rings (SSSR count). The van der Waals surface area contributed by atoms with Gasteiger partial charge in [0.25, 0.3) is 0 Å². The van der Waals surface area contributed by atoms with E-state index in [9.17, 15) is 0 Å². The predicted molar refractivity (Wildman–Crippen MR) is 69.2 cm³/mol. The minimum Gasteiger partial charge on any atom is -0.374 e. The summed E-state index contributed by atoms with van der Waals surface area (Å²) in [5.41, 5.74) is 0.152. The maximum atomic E-state index is 5.89. The normalized spacial score (nSPS) is 39.0. The van der Waals surface area contributed by atoms with Crippen LogP contribution in [0.1, 0.15) is 39.0 Å². The Kier molecular flexibility index (Phi) is 3.42. The summed E-state index contributed by atoms with van der Waals surface area (Å²) in [6.45, 7) is 8.19. The Morgan fingerprint density at radius 2 is 2.24 bits per heavy atom. The van der Waals surface area contributed by atoms with Gasteiger partial charge in [-0.1, -0.05) is 0 Å². The maximum absolute atomic E-state index is 5.89. The summed E-state index contributed by atoms with van der Waals surface area (Å²) in [7, 11) is 0. The Morgan fingerprint density at radius 1 is 1.35 bits per heavy atom. The highest BCUT2D eigenvalue weighted by atomic mass is 16.5. The molecule has 2 aliphatic heterocycles. The van der Waals surface area contributed by atoms with Gasteiger partial charge in [-0.25, -0.2) is 0 Å². The fourth-order valence-electron chi connectivity index (χ4n) is 3.28. The van der Waals surface area contributed by atoms with Crippen LogP contribution in [-0.2, 0) is 4.74 Å². The summed E-state index contributed by atoms with van der Waals surface area (Å²) in [6.07, 6.45) is 6.67. The first-order valence-electron chi connectivity index (χ1n) is 7.33. The second kappa shape index (κ2) is 4.87. The third-order valence-corrected chi connectivity index (χ3v) is 4.50. The van der Waals surface area contributed by atoms with E-state index in [1.54, 1.807) is 0 Å². The van der Waals surface area contributed by atoms with Crippen molar-refractivity contribution in [3.63, 3.8) is 0 Å². The molecule has 0 radical (unpaired) electrons. The van der Waals surface area contributed by atoms with Gasteiger partial charge in [-0.15, -0.1) is 0 Å². The quantitative estimate of drug-likeness (QED) is 0.788. The van der Waals surface area contributed by atoms with Gasteiger partial charge in [-0.3, -0.25) is 0 Å². The van der Waals surface area contributed by atoms with Crippen molar-refractivity contribution in [2.45, 2.75) is 50.7 Å². The Morgan fingerprint density at radius 3 is 2.94 bits per heavy atom. The summed E-state index contributed by atoms with van der Waals surface area (Å²) in [5.74, 6) is 0.876. The molecule has 3 heteroatoms. The van der Waals surface area contributed by atoms with E-state index in [4.69, 9.17) is 4.74 Å². The second-order valence-corrected chi connectivity index (χ2v) is 6.47. The van der Waals surface area contributed by atoms with Crippen molar-refractivity contribution in [3.8, 4) is 0 Å². The molecule has 1 aliphatic carbocycles. The molecule has 0 amide bonds. The van der Waals surface area contributed by atoms with Crippen LogP contribution in [0.5, 0.6) is 0 Å². The van der Waals surface area contributed by atoms with E-state index < -0.39 is 0 Å². The molecule has 17 heavy (non-hydrogen) atoms. The van der Waals surface area contributed by atoms with Crippen molar-refractivity contribution in [1.82, 2.24) is 10.2 Å². The van der Waals surface area contributed by atoms with E-state index in [0.29, 0.717) is 0 Å². The van der Waals surface area contributed by atoms with Crippen molar-refractivity contribution in [3.05, 3.63) is 0 Å². The highest BCUT2D eigenvalue weighted by Crippen LogP contribution is 2.28. The molecule has 2 saturated heterocycles. The lowest BCUT2D eigenvalue weighted by Gasteiger charge is -2.29. The number of nitrogens with zero attached hydrogens (tertiary/aromatic N) is 1. The summed E-state index contributed by atoms with van der Waals surface area (Å²) in [4.78, 5) is 2.62. The van der Waals surface area contributed by atoms with Crippen LogP contribution in [0.15, 0.2) is 0 Å². The van der Waals surface area contributed by atoms with Crippen LogP contribution in [0.2, 0.25) is 0 Å². The molecule has 98 valence electrons. The Bertz CT molecular complexity index is 259. The van der Waals surface area contributed by atoms with Crippen molar-refractivity contribution in [1.29, 1.82) is 0 Å². The lowest BCUT2D eigenvalue weighted by atomic mass is 10.0. The van der Waals surface area contributed by atoms with Gasteiger partial charge < -0.3 is 15.0 Å². The average Bonchev–Trinajstić information content (AvgIpc) is 2.89. The molecular formula is C14H26N2O. The van der Waals surface area contributed by atoms with Crippen molar-refractivity contribution >= 4 is 0 Å². The predicted octanol–water partition coefficient (Wildman–Crippen LogP) is 1.63. The zero-order valence-electron chi connectivity index (χ0n) is 11.1. The van der Waals surface area contributed by atoms with Gasteiger partial charge in [0.05, 0.1) is 5.60 Å². The molecule has 2 atom stereocenters. The number of ether oxygens (including phenoxy) is 1. The number of hydrogen-bond acceptors (Lipinski definition) is 3. The summed E-state index contributed by atoms with van der Waals surface area (Å²) < 4.78 is 5.89. The number of rotatable bonds is 5. The first kappa shape index (κ1) is 11.9. The van der Waals surface area contributed by atoms with Gasteiger partial charge in [0.1, 0.15) is 0 Å². The average molecular weight is 238 g/mol. The smallest absolute Gasteiger partial charge is 0.0781 e. The molecule has 0 aromatic heterocycles. The van der Waals surface area contributed by atoms with Crippen LogP contribution < -0.4 is 5.32 Å². The number of likely N-dealkylation sites (tertiary alicyclic amines) is 1. The lowest BCUT2D eigenvalue weighted by molar-refractivity contribution is -0.00467. The SMILES string of the molecule is CC1(CN2CCC(CNC3CC3)C2)CCCO1. The van der Waals surface area contributed by atoms with Crippen LogP contribution in [0.4, 0.5) is 0 Å². The van der Waals surface area contributed by atoms with Crippen LogP contribution in [0.25, 0.3) is 0 Å². The third-order valence-electron chi connectivity index (χ3n) is 4.50. The van der Waals surface area contributed by atoms with E-state index in [-0.39, 0.29) is 5.60 Å². The van der Waals surface area contributed by atoms with Crippen molar-refractivity contribution in [2.24, 2.45) is 5.92 Å². The van der Waals surface area contributed by atoms with Gasteiger partial charge in [0.15, 0.2) is 0 Å². The van der Waals surface area contributed by atoms with E-state index in [0.717, 1.165) is 25.1 Å². The molecule has 1 saturated carbocycles. The standard InChI is InChI=1S/C14H26N2O/c1-14(6-2-8-17-14)11-16-7-5-12(10-16)9-15-13-3-4-13/h12-13,15H,2-11H2,1H3. The summed E-state index contributed by atoms with van der Waals surface area (Å²) in [6, 6.07) is 0.861. The Hall–Kier alpha value is -0.120. The van der Waals surface area contributed by atoms with Crippen molar-refractivity contribution in [2.75, 3.05) is 32.8 Å². The van der Waals surface area contributed by atoms with E-state index in [1.165, 1.54) is 51.7 Å². The largest absolute Gasteiger partial charge is 0.374 e. The molecule has 3 nitrogen and oxygen atoms in total. The molecule has 3 fully saturated rings. The molecule has 0 bridgehead atoms. The number of hydrogen-bond donors (Lipinski definition) is 1. The molecular weight excluding hydrogens is 212 g/mol. The molecule has 0 aromatic rings. The molecule has 1 N–H and O–H groups in total. The van der Waals surface area contributed by atoms with Gasteiger partial charge in [-0.05, 0) is 58.0 Å². The van der Waals surface area contributed by atoms with Crippen LogP contribution in [0, 0.1) is 5.92 Å². The van der Waals surface area contributed by atoms with Gasteiger partial charge in [-0.2, -0.15) is 0 Å². The van der Waals surface area contributed by atoms with Crippen LogP contribution >= 0.6 is 0 Å². The van der Waals surface area contributed by atoms with Crippen LogP contribution in [0.3, 0.4) is 0 Å². The zero-order valence-corrected chi connectivity index (χ0v) is 11.1. The van der Waals surface area contributed by atoms with E-state index in [2.05, 4.69) is 17.1 Å². The minimum atomic E-state index is 0.152. The van der Waals surface area contributed by atoms with Crippen molar-refractivity contribution < 1.29 is 4.74 Å². The molecule has 3 aliphatic rings. The van der Waals surface area contributed by atoms with Crippen LogP contribution in [-0.4, -0.2) is 49.3 Å². The fourth-order valence-corrected chi connectivity index (χ4v) is 3.28. The Labute approximate surface area is 105 Å². The fraction of sp³-hybridized carbons (Fsp3) is 1.00. The maximum Gasteiger partial charge on any atom is 0.0781 e. The van der Waals surface area contributed by atoms with E-state index >= 15 is 0 Å². The summed E-state index contributed by atoms with van der Waals surface area (Å²) >= 11 is 0.